The Kier molecular flexibility index (Phi) is 4.98. The zero-order valence-electron chi connectivity index (χ0n) is 11.5. The molecular formula is C14H18N4O2. The molecule has 0 amide bonds. The molecule has 20 heavy (non-hydrogen) atoms. The fourth-order valence-electron chi connectivity index (χ4n) is 2.51. The number of hydrogen-bond acceptors (Lipinski definition) is 4. The van der Waals surface area contributed by atoms with Gasteiger partial charge in [0.2, 0.25) is 0 Å². The summed E-state index contributed by atoms with van der Waals surface area (Å²) in [6, 6.07) is 9.43. The summed E-state index contributed by atoms with van der Waals surface area (Å²) in [6.45, 7) is 3.39. The Morgan fingerprint density at radius 2 is 2.25 bits per heavy atom. The Morgan fingerprint density at radius 3 is 2.90 bits per heavy atom. The van der Waals surface area contributed by atoms with Gasteiger partial charge in [-0.05, 0) is 24.4 Å². The van der Waals surface area contributed by atoms with E-state index in [2.05, 4.69) is 10.0 Å². The van der Waals surface area contributed by atoms with Crippen LogP contribution >= 0.6 is 0 Å². The maximum atomic E-state index is 12.0. The van der Waals surface area contributed by atoms with E-state index < -0.39 is 0 Å². The molecule has 0 radical (unpaired) electrons. The van der Waals surface area contributed by atoms with Crippen molar-refractivity contribution in [3.8, 4) is 0 Å². The minimum Gasteiger partial charge on any atom is -0.465 e. The molecule has 1 aromatic rings. The Bertz CT molecular complexity index is 499. The van der Waals surface area contributed by atoms with E-state index in [1.165, 1.54) is 0 Å². The number of esters is 1. The van der Waals surface area contributed by atoms with Crippen molar-refractivity contribution in [1.82, 2.24) is 4.90 Å². The van der Waals surface area contributed by atoms with Crippen LogP contribution in [0.25, 0.3) is 10.4 Å². The first-order valence-corrected chi connectivity index (χ1v) is 6.73. The van der Waals surface area contributed by atoms with Gasteiger partial charge in [-0.3, -0.25) is 9.69 Å². The summed E-state index contributed by atoms with van der Waals surface area (Å²) in [5.74, 6) is -0.237. The molecule has 1 fully saturated rings. The number of benzene rings is 1. The molecule has 6 heteroatoms. The minimum absolute atomic E-state index is 0.168. The summed E-state index contributed by atoms with van der Waals surface area (Å²) in [5, 5.41) is 3.74. The number of rotatable bonds is 5. The normalized spacial score (nSPS) is 22.2. The van der Waals surface area contributed by atoms with Crippen LogP contribution in [0.1, 0.15) is 18.9 Å². The van der Waals surface area contributed by atoms with Crippen molar-refractivity contribution in [3.63, 3.8) is 0 Å². The molecule has 0 aliphatic carbocycles. The molecule has 1 saturated heterocycles. The van der Waals surface area contributed by atoms with Gasteiger partial charge >= 0.3 is 5.97 Å². The number of likely N-dealkylation sites (tertiary alicyclic amines) is 1. The lowest BCUT2D eigenvalue weighted by molar-refractivity contribution is -0.148. The van der Waals surface area contributed by atoms with Crippen LogP contribution in [0.3, 0.4) is 0 Å². The molecule has 2 atom stereocenters. The molecule has 0 saturated carbocycles. The van der Waals surface area contributed by atoms with Gasteiger partial charge in [0.05, 0.1) is 12.6 Å². The summed E-state index contributed by atoms with van der Waals surface area (Å²) >= 11 is 0. The Balaban J connectivity index is 2.10. The van der Waals surface area contributed by atoms with E-state index in [1.54, 1.807) is 6.92 Å². The van der Waals surface area contributed by atoms with Crippen molar-refractivity contribution in [3.05, 3.63) is 46.3 Å². The highest BCUT2D eigenvalue weighted by Gasteiger charge is 2.37. The predicted octanol–water partition coefficient (Wildman–Crippen LogP) is 2.50. The average Bonchev–Trinajstić information content (AvgIpc) is 2.83. The van der Waals surface area contributed by atoms with Crippen molar-refractivity contribution in [2.75, 3.05) is 13.2 Å². The SMILES string of the molecule is CCOC(=O)[C@@H]1C[C@@H](N=[N+]=[N-])CN1Cc1ccccc1. The van der Waals surface area contributed by atoms with Gasteiger partial charge in [-0.1, -0.05) is 35.4 Å². The van der Waals surface area contributed by atoms with Gasteiger partial charge in [0.15, 0.2) is 0 Å². The van der Waals surface area contributed by atoms with Crippen molar-refractivity contribution in [2.45, 2.75) is 32.0 Å². The quantitative estimate of drug-likeness (QED) is 0.358. The van der Waals surface area contributed by atoms with Gasteiger partial charge in [-0.2, -0.15) is 0 Å². The van der Waals surface area contributed by atoms with E-state index >= 15 is 0 Å². The van der Waals surface area contributed by atoms with E-state index in [0.29, 0.717) is 26.1 Å². The number of hydrogen-bond donors (Lipinski definition) is 0. The second-order valence-electron chi connectivity index (χ2n) is 4.78. The molecule has 106 valence electrons. The summed E-state index contributed by atoms with van der Waals surface area (Å²) in [5.41, 5.74) is 9.68. The Hall–Kier alpha value is -2.04. The highest BCUT2D eigenvalue weighted by molar-refractivity contribution is 5.76. The van der Waals surface area contributed by atoms with Crippen LogP contribution < -0.4 is 0 Å². The first-order chi connectivity index (χ1) is 9.74. The lowest BCUT2D eigenvalue weighted by atomic mass is 10.1. The topological polar surface area (TPSA) is 78.3 Å². The van der Waals surface area contributed by atoms with E-state index in [1.807, 2.05) is 35.2 Å². The molecule has 0 N–H and O–H groups in total. The second kappa shape index (κ2) is 6.93. The molecule has 1 aliphatic heterocycles. The molecule has 2 rings (SSSR count). The van der Waals surface area contributed by atoms with Gasteiger partial charge < -0.3 is 4.74 Å². The van der Waals surface area contributed by atoms with Gasteiger partial charge in [-0.25, -0.2) is 0 Å². The summed E-state index contributed by atoms with van der Waals surface area (Å²) in [7, 11) is 0. The first-order valence-electron chi connectivity index (χ1n) is 6.73. The van der Waals surface area contributed by atoms with Crippen LogP contribution in [-0.4, -0.2) is 36.1 Å². The third kappa shape index (κ3) is 3.50. The predicted molar refractivity (Wildman–Crippen MR) is 74.8 cm³/mol. The molecule has 1 aliphatic rings. The summed E-state index contributed by atoms with van der Waals surface area (Å²) < 4.78 is 5.10. The zero-order valence-corrected chi connectivity index (χ0v) is 11.5. The van der Waals surface area contributed by atoms with Crippen molar-refractivity contribution < 1.29 is 9.53 Å². The van der Waals surface area contributed by atoms with Crippen molar-refractivity contribution in [2.24, 2.45) is 5.11 Å². The van der Waals surface area contributed by atoms with Crippen molar-refractivity contribution in [1.29, 1.82) is 0 Å². The van der Waals surface area contributed by atoms with E-state index in [4.69, 9.17) is 10.3 Å². The molecule has 6 nitrogen and oxygen atoms in total. The molecule has 0 bridgehead atoms. The lowest BCUT2D eigenvalue weighted by Crippen LogP contribution is -2.36. The van der Waals surface area contributed by atoms with Crippen LogP contribution in [0.4, 0.5) is 0 Å². The maximum Gasteiger partial charge on any atom is 0.323 e. The maximum absolute atomic E-state index is 12.0. The number of ether oxygens (including phenoxy) is 1. The molecule has 1 heterocycles. The number of nitrogens with zero attached hydrogens (tertiary/aromatic N) is 4. The fraction of sp³-hybridized carbons (Fsp3) is 0.500. The number of carbonyl (C=O) groups excluding carboxylic acids is 1. The van der Waals surface area contributed by atoms with Crippen LogP contribution in [0, 0.1) is 0 Å². The van der Waals surface area contributed by atoms with Gasteiger partial charge in [0.25, 0.3) is 0 Å². The highest BCUT2D eigenvalue weighted by Crippen LogP contribution is 2.24. The fourth-order valence-corrected chi connectivity index (χ4v) is 2.51. The van der Waals surface area contributed by atoms with Gasteiger partial charge in [0.1, 0.15) is 6.04 Å². The smallest absolute Gasteiger partial charge is 0.323 e. The van der Waals surface area contributed by atoms with E-state index in [-0.39, 0.29) is 18.1 Å². The van der Waals surface area contributed by atoms with Crippen LogP contribution in [0.15, 0.2) is 35.4 Å². The van der Waals surface area contributed by atoms with Crippen molar-refractivity contribution >= 4 is 5.97 Å². The summed E-state index contributed by atoms with van der Waals surface area (Å²) in [4.78, 5) is 16.9. The Labute approximate surface area is 118 Å². The highest BCUT2D eigenvalue weighted by atomic mass is 16.5. The standard InChI is InChI=1S/C14H18N4O2/c1-2-20-14(19)13-8-12(16-17-15)10-18(13)9-11-6-4-3-5-7-11/h3-7,12-13H,2,8-10H2,1H3/t12-,13+/m1/s1. The molecule has 0 aromatic heterocycles. The molecule has 1 aromatic carbocycles. The first kappa shape index (κ1) is 14.4. The van der Waals surface area contributed by atoms with E-state index in [9.17, 15) is 4.79 Å². The average molecular weight is 274 g/mol. The number of carbonyl (C=O) groups is 1. The lowest BCUT2D eigenvalue weighted by Gasteiger charge is -2.22. The van der Waals surface area contributed by atoms with E-state index in [0.717, 1.165) is 5.56 Å². The van der Waals surface area contributed by atoms with Crippen LogP contribution in [-0.2, 0) is 16.1 Å². The Morgan fingerprint density at radius 1 is 1.50 bits per heavy atom. The monoisotopic (exact) mass is 274 g/mol. The van der Waals surface area contributed by atoms with Crippen LogP contribution in [0.5, 0.6) is 0 Å². The second-order valence-corrected chi connectivity index (χ2v) is 4.78. The van der Waals surface area contributed by atoms with Crippen LogP contribution in [0.2, 0.25) is 0 Å². The minimum atomic E-state index is -0.328. The third-order valence-electron chi connectivity index (χ3n) is 3.38. The molecule has 0 unspecified atom stereocenters. The van der Waals surface area contributed by atoms with Gasteiger partial charge in [-0.15, -0.1) is 0 Å². The zero-order chi connectivity index (χ0) is 14.4. The largest absolute Gasteiger partial charge is 0.465 e. The number of azide groups is 1. The van der Waals surface area contributed by atoms with Gasteiger partial charge in [0, 0.05) is 18.0 Å². The summed E-state index contributed by atoms with van der Waals surface area (Å²) in [6.07, 6.45) is 0.524. The molecular weight excluding hydrogens is 256 g/mol. The molecule has 0 spiro atoms. The third-order valence-corrected chi connectivity index (χ3v) is 3.38.